The van der Waals surface area contributed by atoms with E-state index in [2.05, 4.69) is 10.1 Å². The first kappa shape index (κ1) is 16.4. The van der Waals surface area contributed by atoms with Crippen LogP contribution in [0.2, 0.25) is 0 Å². The van der Waals surface area contributed by atoms with Gasteiger partial charge in [-0.25, -0.2) is 4.79 Å². The maximum Gasteiger partial charge on any atom is 0.329 e. The van der Waals surface area contributed by atoms with E-state index in [0.29, 0.717) is 0 Å². The second-order valence-electron chi connectivity index (χ2n) is 5.11. The predicted molar refractivity (Wildman–Crippen MR) is 72.6 cm³/mol. The first-order valence-electron chi connectivity index (χ1n) is 6.81. The Morgan fingerprint density at radius 3 is 2.40 bits per heavy atom. The second kappa shape index (κ2) is 7.84. The molecular weight excluding hydrogens is 262 g/mol. The number of carbonyl (C=O) groups excluding carboxylic acids is 3. The highest BCUT2D eigenvalue weighted by atomic mass is 16.5. The quantitative estimate of drug-likeness (QED) is 0.608. The van der Waals surface area contributed by atoms with E-state index >= 15 is 0 Å². The van der Waals surface area contributed by atoms with Gasteiger partial charge in [0.25, 0.3) is 0 Å². The van der Waals surface area contributed by atoms with Crippen LogP contribution in [0.1, 0.15) is 32.6 Å². The molecule has 0 aliphatic heterocycles. The number of ether oxygens (including phenoxy) is 1. The van der Waals surface area contributed by atoms with E-state index in [1.165, 1.54) is 14.0 Å². The Kier molecular flexibility index (Phi) is 6.44. The molecule has 0 heterocycles. The number of nitrogens with zero attached hydrogens (tertiary/aromatic N) is 1. The highest BCUT2D eigenvalue weighted by molar-refractivity contribution is 5.83. The molecule has 7 nitrogen and oxygen atoms in total. The largest absolute Gasteiger partial charge is 0.467 e. The van der Waals surface area contributed by atoms with E-state index in [-0.39, 0.29) is 25.0 Å². The van der Waals surface area contributed by atoms with E-state index in [4.69, 9.17) is 5.73 Å². The van der Waals surface area contributed by atoms with Gasteiger partial charge >= 0.3 is 5.97 Å². The molecule has 114 valence electrons. The van der Waals surface area contributed by atoms with Gasteiger partial charge in [0.1, 0.15) is 6.04 Å². The minimum absolute atomic E-state index is 0.0811. The van der Waals surface area contributed by atoms with Gasteiger partial charge in [-0.05, 0) is 12.8 Å². The van der Waals surface area contributed by atoms with Crippen LogP contribution in [0.25, 0.3) is 0 Å². The summed E-state index contributed by atoms with van der Waals surface area (Å²) in [5.41, 5.74) is 5.26. The smallest absolute Gasteiger partial charge is 0.329 e. The molecule has 1 aliphatic carbocycles. The molecule has 0 bridgehead atoms. The zero-order valence-corrected chi connectivity index (χ0v) is 12.1. The van der Waals surface area contributed by atoms with Crippen LogP contribution in [-0.4, -0.2) is 55.0 Å². The SMILES string of the molecule is COC(=O)C(CN(CC(N)=O)C1CCCC1)NC(C)=O. The first-order chi connectivity index (χ1) is 9.43. The molecule has 1 aliphatic rings. The molecule has 20 heavy (non-hydrogen) atoms. The molecule has 7 heteroatoms. The van der Waals surface area contributed by atoms with Gasteiger partial charge in [-0.2, -0.15) is 0 Å². The molecule has 1 atom stereocenters. The van der Waals surface area contributed by atoms with Crippen molar-refractivity contribution < 1.29 is 19.1 Å². The third-order valence-corrected chi connectivity index (χ3v) is 3.48. The Hall–Kier alpha value is -1.63. The summed E-state index contributed by atoms with van der Waals surface area (Å²) in [5, 5.41) is 2.55. The Bertz CT molecular complexity index is 367. The zero-order valence-electron chi connectivity index (χ0n) is 12.1. The number of hydrogen-bond donors (Lipinski definition) is 2. The van der Waals surface area contributed by atoms with Gasteiger partial charge in [0, 0.05) is 19.5 Å². The van der Waals surface area contributed by atoms with Crippen molar-refractivity contribution in [3.63, 3.8) is 0 Å². The van der Waals surface area contributed by atoms with Gasteiger partial charge in [0.05, 0.1) is 13.7 Å². The van der Waals surface area contributed by atoms with Crippen LogP contribution in [0, 0.1) is 0 Å². The van der Waals surface area contributed by atoms with Crippen molar-refractivity contribution in [1.82, 2.24) is 10.2 Å². The summed E-state index contributed by atoms with van der Waals surface area (Å²) >= 11 is 0. The van der Waals surface area contributed by atoms with Crippen molar-refractivity contribution in [1.29, 1.82) is 0 Å². The molecule has 2 amide bonds. The Morgan fingerprint density at radius 1 is 1.35 bits per heavy atom. The highest BCUT2D eigenvalue weighted by Crippen LogP contribution is 2.23. The first-order valence-corrected chi connectivity index (χ1v) is 6.81. The van der Waals surface area contributed by atoms with E-state index in [1.54, 1.807) is 0 Å². The van der Waals surface area contributed by atoms with Crippen molar-refractivity contribution in [3.8, 4) is 0 Å². The molecule has 3 N–H and O–H groups in total. The summed E-state index contributed by atoms with van der Waals surface area (Å²) in [7, 11) is 1.27. The maximum absolute atomic E-state index is 11.7. The fraction of sp³-hybridized carbons (Fsp3) is 0.769. The number of amides is 2. The molecular formula is C13H23N3O4. The second-order valence-corrected chi connectivity index (χ2v) is 5.11. The van der Waals surface area contributed by atoms with Gasteiger partial charge in [-0.3, -0.25) is 14.5 Å². The number of esters is 1. The molecule has 0 saturated heterocycles. The fourth-order valence-electron chi connectivity index (χ4n) is 2.61. The third-order valence-electron chi connectivity index (χ3n) is 3.48. The van der Waals surface area contributed by atoms with Gasteiger partial charge in [0.15, 0.2) is 0 Å². The van der Waals surface area contributed by atoms with Crippen LogP contribution >= 0.6 is 0 Å². The number of nitrogens with one attached hydrogen (secondary N) is 1. The predicted octanol–water partition coefficient (Wildman–Crippen LogP) is -0.606. The number of nitrogens with two attached hydrogens (primary N) is 1. The summed E-state index contributed by atoms with van der Waals surface area (Å²) in [5.74, 6) is -1.28. The monoisotopic (exact) mass is 285 g/mol. The molecule has 1 saturated carbocycles. The van der Waals surface area contributed by atoms with Crippen LogP contribution < -0.4 is 11.1 Å². The molecule has 0 aromatic rings. The molecule has 1 unspecified atom stereocenters. The van der Waals surface area contributed by atoms with Crippen LogP contribution in [0.3, 0.4) is 0 Å². The molecule has 0 radical (unpaired) electrons. The van der Waals surface area contributed by atoms with Gasteiger partial charge in [-0.1, -0.05) is 12.8 Å². The van der Waals surface area contributed by atoms with Gasteiger partial charge in [-0.15, -0.1) is 0 Å². The number of rotatable bonds is 7. The van der Waals surface area contributed by atoms with Crippen LogP contribution in [0.4, 0.5) is 0 Å². The molecule has 0 aromatic heterocycles. The molecule has 0 spiro atoms. The van der Waals surface area contributed by atoms with Crippen molar-refractivity contribution in [2.45, 2.75) is 44.7 Å². The summed E-state index contributed by atoms with van der Waals surface area (Å²) in [4.78, 5) is 35.9. The van der Waals surface area contributed by atoms with E-state index < -0.39 is 17.9 Å². The maximum atomic E-state index is 11.7. The van der Waals surface area contributed by atoms with Gasteiger partial charge in [0.2, 0.25) is 11.8 Å². The third kappa shape index (κ3) is 5.16. The van der Waals surface area contributed by atoms with Crippen molar-refractivity contribution >= 4 is 17.8 Å². The number of primary amides is 1. The number of carbonyl (C=O) groups is 3. The lowest BCUT2D eigenvalue weighted by Crippen LogP contribution is -2.52. The minimum Gasteiger partial charge on any atom is -0.467 e. The number of hydrogen-bond acceptors (Lipinski definition) is 5. The average Bonchev–Trinajstić information content (AvgIpc) is 2.88. The summed E-state index contributed by atoms with van der Waals surface area (Å²) in [6.07, 6.45) is 4.15. The Balaban J connectivity index is 2.74. The number of methoxy groups -OCH3 is 1. The zero-order chi connectivity index (χ0) is 15.1. The lowest BCUT2D eigenvalue weighted by atomic mass is 10.1. The summed E-state index contributed by atoms with van der Waals surface area (Å²) in [6, 6.07) is -0.555. The van der Waals surface area contributed by atoms with Gasteiger partial charge < -0.3 is 15.8 Å². The van der Waals surface area contributed by atoms with Crippen LogP contribution in [-0.2, 0) is 19.1 Å². The van der Waals surface area contributed by atoms with Crippen molar-refractivity contribution in [2.75, 3.05) is 20.2 Å². The van der Waals surface area contributed by atoms with E-state index in [0.717, 1.165) is 25.7 Å². The Morgan fingerprint density at radius 2 is 1.95 bits per heavy atom. The molecule has 1 fully saturated rings. The lowest BCUT2D eigenvalue weighted by molar-refractivity contribution is -0.145. The molecule has 0 aromatic carbocycles. The summed E-state index contributed by atoms with van der Waals surface area (Å²) < 4.78 is 4.69. The van der Waals surface area contributed by atoms with Crippen molar-refractivity contribution in [2.24, 2.45) is 5.73 Å². The van der Waals surface area contributed by atoms with Crippen LogP contribution in [0.5, 0.6) is 0 Å². The van der Waals surface area contributed by atoms with Crippen molar-refractivity contribution in [3.05, 3.63) is 0 Å². The molecule has 1 rings (SSSR count). The average molecular weight is 285 g/mol. The topological polar surface area (TPSA) is 102 Å². The normalized spacial score (nSPS) is 16.9. The lowest BCUT2D eigenvalue weighted by Gasteiger charge is -2.30. The fourth-order valence-corrected chi connectivity index (χ4v) is 2.61. The van der Waals surface area contributed by atoms with Crippen LogP contribution in [0.15, 0.2) is 0 Å². The standard InChI is InChI=1S/C13H23N3O4/c1-9(17)15-11(13(19)20-2)7-16(8-12(14)18)10-5-3-4-6-10/h10-11H,3-8H2,1-2H3,(H2,14,18)(H,15,17). The summed E-state index contributed by atoms with van der Waals surface area (Å²) in [6.45, 7) is 1.65. The minimum atomic E-state index is -0.780. The van der Waals surface area contributed by atoms with E-state index in [1.807, 2.05) is 4.90 Å². The Labute approximate surface area is 118 Å². The highest BCUT2D eigenvalue weighted by Gasteiger charge is 2.29. The van der Waals surface area contributed by atoms with E-state index in [9.17, 15) is 14.4 Å².